The first-order valence-corrected chi connectivity index (χ1v) is 9.09. The average Bonchev–Trinajstić information content (AvgIpc) is 3.13. The maximum atomic E-state index is 12.1. The molecule has 0 saturated carbocycles. The maximum absolute atomic E-state index is 12.1. The molecule has 3 aromatic rings. The number of aromatic amines is 1. The van der Waals surface area contributed by atoms with Crippen LogP contribution in [0, 0.1) is 0 Å². The van der Waals surface area contributed by atoms with Crippen molar-refractivity contribution in [2.45, 2.75) is 19.4 Å². The predicted molar refractivity (Wildman–Crippen MR) is 102 cm³/mol. The summed E-state index contributed by atoms with van der Waals surface area (Å²) in [5, 5.41) is 7.72. The lowest BCUT2D eigenvalue weighted by atomic mass is 10.2. The molecule has 138 valence electrons. The highest BCUT2D eigenvalue weighted by atomic mass is 32.1. The molecule has 3 heterocycles. The van der Waals surface area contributed by atoms with Crippen molar-refractivity contribution >= 4 is 28.3 Å². The lowest BCUT2D eigenvalue weighted by molar-refractivity contribution is -0.121. The standard InChI is InChI=1S/C18H17N5O3S/c24-15-6-4-12(9-20-15)17(26)23-18-22-14(11-27-18)5-7-16(25)21-10-13-3-1-2-8-19-13/h1-4,6,8-9,11H,5,7,10H2,(H,20,24)(H,21,25)(H,22,23,26). The van der Waals surface area contributed by atoms with E-state index in [1.807, 2.05) is 18.2 Å². The summed E-state index contributed by atoms with van der Waals surface area (Å²) < 4.78 is 0. The molecule has 0 aliphatic carbocycles. The Morgan fingerprint density at radius 2 is 2.04 bits per heavy atom. The number of hydrogen-bond acceptors (Lipinski definition) is 6. The number of aryl methyl sites for hydroxylation is 1. The largest absolute Gasteiger partial charge is 0.350 e. The smallest absolute Gasteiger partial charge is 0.258 e. The Morgan fingerprint density at radius 1 is 1.15 bits per heavy atom. The normalized spacial score (nSPS) is 10.4. The minimum absolute atomic E-state index is 0.0903. The molecule has 0 saturated heterocycles. The van der Waals surface area contributed by atoms with E-state index in [9.17, 15) is 14.4 Å². The lowest BCUT2D eigenvalue weighted by Crippen LogP contribution is -2.23. The van der Waals surface area contributed by atoms with Crippen LogP contribution in [-0.2, 0) is 17.8 Å². The van der Waals surface area contributed by atoms with E-state index < -0.39 is 0 Å². The SMILES string of the molecule is O=C(CCc1csc(NC(=O)c2ccc(=O)[nH]c2)n1)NCc1ccccn1. The molecule has 0 aromatic carbocycles. The summed E-state index contributed by atoms with van der Waals surface area (Å²) in [6.45, 7) is 0.386. The summed E-state index contributed by atoms with van der Waals surface area (Å²) in [6, 6.07) is 8.26. The first kappa shape index (κ1) is 18.5. The number of pyridine rings is 2. The Hall–Kier alpha value is -3.33. The van der Waals surface area contributed by atoms with Gasteiger partial charge in [-0.3, -0.25) is 24.7 Å². The highest BCUT2D eigenvalue weighted by molar-refractivity contribution is 7.14. The molecule has 27 heavy (non-hydrogen) atoms. The van der Waals surface area contributed by atoms with Gasteiger partial charge >= 0.3 is 0 Å². The summed E-state index contributed by atoms with van der Waals surface area (Å²) in [7, 11) is 0. The zero-order valence-corrected chi connectivity index (χ0v) is 15.1. The number of carbonyl (C=O) groups excluding carboxylic acids is 2. The van der Waals surface area contributed by atoms with Crippen molar-refractivity contribution in [3.05, 3.63) is 75.4 Å². The number of thiazole rings is 1. The average molecular weight is 383 g/mol. The zero-order chi connectivity index (χ0) is 19.1. The van der Waals surface area contributed by atoms with E-state index in [1.165, 1.54) is 29.7 Å². The predicted octanol–water partition coefficient (Wildman–Crippen LogP) is 1.73. The van der Waals surface area contributed by atoms with E-state index in [2.05, 4.69) is 25.6 Å². The van der Waals surface area contributed by atoms with Gasteiger partial charge in [-0.1, -0.05) is 6.07 Å². The molecule has 0 fully saturated rings. The third-order valence-corrected chi connectivity index (χ3v) is 4.43. The molecule has 8 nitrogen and oxygen atoms in total. The van der Waals surface area contributed by atoms with Crippen molar-refractivity contribution in [2.24, 2.45) is 0 Å². The topological polar surface area (TPSA) is 117 Å². The lowest BCUT2D eigenvalue weighted by Gasteiger charge is -2.03. The second kappa shape index (κ2) is 8.86. The molecule has 3 N–H and O–H groups in total. The minimum Gasteiger partial charge on any atom is -0.350 e. The van der Waals surface area contributed by atoms with E-state index in [-0.39, 0.29) is 17.4 Å². The van der Waals surface area contributed by atoms with Gasteiger partial charge in [0.1, 0.15) is 0 Å². The number of amides is 2. The Labute approximate surface area is 158 Å². The Balaban J connectivity index is 1.46. The fraction of sp³-hybridized carbons (Fsp3) is 0.167. The van der Waals surface area contributed by atoms with Gasteiger partial charge in [0, 0.05) is 30.3 Å². The molecule has 0 radical (unpaired) electrons. The second-order valence-electron chi connectivity index (χ2n) is 5.64. The van der Waals surface area contributed by atoms with E-state index in [0.717, 1.165) is 11.4 Å². The molecule has 9 heteroatoms. The van der Waals surface area contributed by atoms with Crippen molar-refractivity contribution in [3.8, 4) is 0 Å². The fourth-order valence-electron chi connectivity index (χ4n) is 2.22. The summed E-state index contributed by atoms with van der Waals surface area (Å²) in [6.07, 6.45) is 3.79. The number of H-pyrrole nitrogens is 1. The highest BCUT2D eigenvalue weighted by Crippen LogP contribution is 2.17. The molecular formula is C18H17N5O3S. The van der Waals surface area contributed by atoms with Crippen molar-refractivity contribution in [1.29, 1.82) is 0 Å². The minimum atomic E-state index is -0.361. The first-order chi connectivity index (χ1) is 13.1. The molecule has 0 bridgehead atoms. The summed E-state index contributed by atoms with van der Waals surface area (Å²) in [4.78, 5) is 45.9. The van der Waals surface area contributed by atoms with Crippen LogP contribution in [0.3, 0.4) is 0 Å². The highest BCUT2D eigenvalue weighted by Gasteiger charge is 2.10. The molecule has 0 unspecified atom stereocenters. The van der Waals surface area contributed by atoms with E-state index in [4.69, 9.17) is 0 Å². The van der Waals surface area contributed by atoms with Gasteiger partial charge in [0.2, 0.25) is 11.5 Å². The number of carbonyl (C=O) groups is 2. The Morgan fingerprint density at radius 3 is 2.78 bits per heavy atom. The van der Waals surface area contributed by atoms with Crippen LogP contribution in [0.5, 0.6) is 0 Å². The van der Waals surface area contributed by atoms with Crippen LogP contribution in [0.2, 0.25) is 0 Å². The van der Waals surface area contributed by atoms with E-state index >= 15 is 0 Å². The van der Waals surface area contributed by atoms with Crippen molar-refractivity contribution < 1.29 is 9.59 Å². The van der Waals surface area contributed by atoms with E-state index in [1.54, 1.807) is 11.6 Å². The van der Waals surface area contributed by atoms with Gasteiger partial charge in [-0.2, -0.15) is 0 Å². The van der Waals surface area contributed by atoms with Crippen LogP contribution >= 0.6 is 11.3 Å². The van der Waals surface area contributed by atoms with Gasteiger partial charge in [-0.25, -0.2) is 4.98 Å². The summed E-state index contributed by atoms with van der Waals surface area (Å²) >= 11 is 1.28. The van der Waals surface area contributed by atoms with E-state index in [0.29, 0.717) is 30.1 Å². The van der Waals surface area contributed by atoms with Gasteiger partial charge in [-0.05, 0) is 24.6 Å². The third-order valence-electron chi connectivity index (χ3n) is 3.62. The number of hydrogen-bond donors (Lipinski definition) is 3. The summed E-state index contributed by atoms with van der Waals surface area (Å²) in [5.41, 5.74) is 1.58. The second-order valence-corrected chi connectivity index (χ2v) is 6.50. The third kappa shape index (κ3) is 5.58. The van der Waals surface area contributed by atoms with Crippen molar-refractivity contribution in [1.82, 2.24) is 20.3 Å². The van der Waals surface area contributed by atoms with Gasteiger partial charge < -0.3 is 10.3 Å². The van der Waals surface area contributed by atoms with Gasteiger partial charge in [0.15, 0.2) is 5.13 Å². The van der Waals surface area contributed by atoms with Gasteiger partial charge in [-0.15, -0.1) is 11.3 Å². The molecule has 0 aliphatic rings. The molecule has 3 aromatic heterocycles. The molecule has 0 spiro atoms. The molecular weight excluding hydrogens is 366 g/mol. The Kier molecular flexibility index (Phi) is 6.06. The molecule has 2 amide bonds. The monoisotopic (exact) mass is 383 g/mol. The van der Waals surface area contributed by atoms with Crippen LogP contribution in [-0.4, -0.2) is 26.8 Å². The number of nitrogens with one attached hydrogen (secondary N) is 3. The first-order valence-electron chi connectivity index (χ1n) is 8.21. The summed E-state index contributed by atoms with van der Waals surface area (Å²) in [5.74, 6) is -0.451. The zero-order valence-electron chi connectivity index (χ0n) is 14.3. The van der Waals surface area contributed by atoms with Crippen LogP contribution in [0.15, 0.2) is 52.9 Å². The molecule has 0 atom stereocenters. The number of rotatable bonds is 7. The van der Waals surface area contributed by atoms with Gasteiger partial charge in [0.25, 0.3) is 5.91 Å². The van der Waals surface area contributed by atoms with Crippen LogP contribution < -0.4 is 16.2 Å². The fourth-order valence-corrected chi connectivity index (χ4v) is 2.96. The number of anilines is 1. The van der Waals surface area contributed by atoms with Crippen LogP contribution in [0.25, 0.3) is 0 Å². The number of nitrogens with zero attached hydrogens (tertiary/aromatic N) is 2. The maximum Gasteiger partial charge on any atom is 0.258 e. The van der Waals surface area contributed by atoms with Crippen molar-refractivity contribution in [3.63, 3.8) is 0 Å². The Bertz CT molecular complexity index is 963. The van der Waals surface area contributed by atoms with Crippen LogP contribution in [0.4, 0.5) is 5.13 Å². The van der Waals surface area contributed by atoms with Gasteiger partial charge in [0.05, 0.1) is 23.5 Å². The van der Waals surface area contributed by atoms with Crippen LogP contribution in [0.1, 0.15) is 28.2 Å². The molecule has 0 aliphatic heterocycles. The molecule has 3 rings (SSSR count). The number of aromatic nitrogens is 3. The van der Waals surface area contributed by atoms with Crippen molar-refractivity contribution in [2.75, 3.05) is 5.32 Å². The quantitative estimate of drug-likeness (QED) is 0.574.